The summed E-state index contributed by atoms with van der Waals surface area (Å²) in [5.41, 5.74) is 1.23. The number of halogens is 1. The van der Waals surface area contributed by atoms with Gasteiger partial charge in [0.15, 0.2) is 0 Å². The van der Waals surface area contributed by atoms with Crippen LogP contribution in [0.1, 0.15) is 5.56 Å². The summed E-state index contributed by atoms with van der Waals surface area (Å²) in [6, 6.07) is 12.4. The lowest BCUT2D eigenvalue weighted by molar-refractivity contribution is 0.729. The number of hydrogen-bond donors (Lipinski definition) is 1. The molecular weight excluding hydrogens is 308 g/mol. The minimum absolute atomic E-state index is 0.882. The zero-order valence-electron chi connectivity index (χ0n) is 9.97. The Morgan fingerprint density at radius 1 is 1.22 bits per heavy atom. The summed E-state index contributed by atoms with van der Waals surface area (Å²) >= 11 is 5.34. The van der Waals surface area contributed by atoms with E-state index in [9.17, 15) is 0 Å². The second-order valence-electron chi connectivity index (χ2n) is 3.84. The Labute approximate surface area is 120 Å². The van der Waals surface area contributed by atoms with Gasteiger partial charge < -0.3 is 5.32 Å². The molecule has 0 aliphatic rings. The predicted octanol–water partition coefficient (Wildman–Crippen LogP) is 3.73. The largest absolute Gasteiger partial charge is 0.312 e. The molecule has 0 fully saturated rings. The second-order valence-corrected chi connectivity index (χ2v) is 5.93. The maximum absolute atomic E-state index is 4.09. The van der Waals surface area contributed by atoms with Crippen molar-refractivity contribution in [2.75, 3.05) is 12.3 Å². The van der Waals surface area contributed by atoms with Crippen LogP contribution in [0.4, 0.5) is 0 Å². The summed E-state index contributed by atoms with van der Waals surface area (Å²) in [4.78, 5) is 5.39. The Kier molecular flexibility index (Phi) is 5.71. The van der Waals surface area contributed by atoms with E-state index in [0.29, 0.717) is 0 Å². The van der Waals surface area contributed by atoms with Crippen LogP contribution in [0.25, 0.3) is 0 Å². The molecule has 1 heterocycles. The Morgan fingerprint density at radius 2 is 2.17 bits per heavy atom. The smallest absolute Gasteiger partial charge is 0.0312 e. The van der Waals surface area contributed by atoms with Crippen molar-refractivity contribution in [1.29, 1.82) is 0 Å². The quantitative estimate of drug-likeness (QED) is 0.648. The standard InChI is InChI=1S/C14H15BrN2S/c15-13-4-1-5-14(9-13)18-8-7-17-11-12-3-2-6-16-10-12/h1-6,9-10,17H,7-8,11H2. The highest BCUT2D eigenvalue weighted by molar-refractivity contribution is 9.10. The first-order chi connectivity index (χ1) is 8.84. The van der Waals surface area contributed by atoms with Crippen molar-refractivity contribution >= 4 is 27.7 Å². The first kappa shape index (κ1) is 13.6. The van der Waals surface area contributed by atoms with Crippen LogP contribution >= 0.6 is 27.7 Å². The van der Waals surface area contributed by atoms with E-state index in [-0.39, 0.29) is 0 Å². The molecule has 4 heteroatoms. The van der Waals surface area contributed by atoms with Crippen LogP contribution in [0.5, 0.6) is 0 Å². The highest BCUT2D eigenvalue weighted by Gasteiger charge is 1.95. The molecule has 0 atom stereocenters. The number of rotatable bonds is 6. The van der Waals surface area contributed by atoms with Gasteiger partial charge in [0.05, 0.1) is 0 Å². The van der Waals surface area contributed by atoms with E-state index >= 15 is 0 Å². The van der Waals surface area contributed by atoms with E-state index in [1.54, 1.807) is 6.20 Å². The lowest BCUT2D eigenvalue weighted by Gasteiger charge is -2.05. The maximum atomic E-state index is 4.09. The highest BCUT2D eigenvalue weighted by Crippen LogP contribution is 2.21. The number of benzene rings is 1. The fraction of sp³-hybridized carbons (Fsp3) is 0.214. The van der Waals surface area contributed by atoms with Crippen LogP contribution in [0.3, 0.4) is 0 Å². The van der Waals surface area contributed by atoms with E-state index in [1.165, 1.54) is 10.5 Å². The Balaban J connectivity index is 1.65. The normalized spacial score (nSPS) is 10.5. The molecule has 0 saturated heterocycles. The van der Waals surface area contributed by atoms with Crippen LogP contribution in [0, 0.1) is 0 Å². The van der Waals surface area contributed by atoms with E-state index in [0.717, 1.165) is 23.3 Å². The third-order valence-electron chi connectivity index (χ3n) is 2.40. The zero-order valence-corrected chi connectivity index (χ0v) is 12.4. The Morgan fingerprint density at radius 3 is 2.94 bits per heavy atom. The maximum Gasteiger partial charge on any atom is 0.0312 e. The van der Waals surface area contributed by atoms with Crippen LogP contribution in [-0.2, 0) is 6.54 Å². The number of pyridine rings is 1. The fourth-order valence-electron chi connectivity index (χ4n) is 1.53. The van der Waals surface area contributed by atoms with Crippen molar-refractivity contribution in [3.05, 3.63) is 58.8 Å². The van der Waals surface area contributed by atoms with Crippen molar-refractivity contribution in [1.82, 2.24) is 10.3 Å². The molecule has 2 rings (SSSR count). The summed E-state index contributed by atoms with van der Waals surface area (Å²) in [5.74, 6) is 1.07. The molecule has 0 saturated carbocycles. The van der Waals surface area contributed by atoms with Crippen LogP contribution in [0.2, 0.25) is 0 Å². The van der Waals surface area contributed by atoms with E-state index in [2.05, 4.69) is 50.5 Å². The van der Waals surface area contributed by atoms with Crippen molar-refractivity contribution in [3.63, 3.8) is 0 Å². The zero-order chi connectivity index (χ0) is 12.6. The Hall–Kier alpha value is -0.840. The van der Waals surface area contributed by atoms with Gasteiger partial charge in [-0.3, -0.25) is 4.98 Å². The summed E-state index contributed by atoms with van der Waals surface area (Å²) < 4.78 is 1.14. The van der Waals surface area contributed by atoms with Crippen LogP contribution in [-0.4, -0.2) is 17.3 Å². The monoisotopic (exact) mass is 322 g/mol. The molecule has 0 amide bonds. The highest BCUT2D eigenvalue weighted by atomic mass is 79.9. The summed E-state index contributed by atoms with van der Waals surface area (Å²) in [5, 5.41) is 3.41. The minimum atomic E-state index is 0.882. The van der Waals surface area contributed by atoms with E-state index in [4.69, 9.17) is 0 Å². The molecule has 1 N–H and O–H groups in total. The van der Waals surface area contributed by atoms with Gasteiger partial charge in [0.1, 0.15) is 0 Å². The number of thioether (sulfide) groups is 1. The van der Waals surface area contributed by atoms with Gasteiger partial charge >= 0.3 is 0 Å². The van der Waals surface area contributed by atoms with Gasteiger partial charge in [0.25, 0.3) is 0 Å². The van der Waals surface area contributed by atoms with E-state index in [1.807, 2.05) is 30.1 Å². The van der Waals surface area contributed by atoms with E-state index < -0.39 is 0 Å². The number of nitrogens with zero attached hydrogens (tertiary/aromatic N) is 1. The molecular formula is C14H15BrN2S. The lowest BCUT2D eigenvalue weighted by Crippen LogP contribution is -2.16. The lowest BCUT2D eigenvalue weighted by atomic mass is 10.3. The molecule has 94 valence electrons. The molecule has 1 aromatic heterocycles. The second kappa shape index (κ2) is 7.56. The van der Waals surface area contributed by atoms with Crippen molar-refractivity contribution in [2.45, 2.75) is 11.4 Å². The molecule has 0 spiro atoms. The van der Waals surface area contributed by atoms with Crippen molar-refractivity contribution < 1.29 is 0 Å². The van der Waals surface area contributed by atoms with Gasteiger partial charge in [-0.2, -0.15) is 0 Å². The van der Waals surface area contributed by atoms with Gasteiger partial charge in [-0.15, -0.1) is 11.8 Å². The molecule has 0 aliphatic carbocycles. The summed E-state index contributed by atoms with van der Waals surface area (Å²) in [7, 11) is 0. The summed E-state index contributed by atoms with van der Waals surface area (Å²) in [6.45, 7) is 1.87. The molecule has 2 aromatic rings. The molecule has 0 unspecified atom stereocenters. The van der Waals surface area contributed by atoms with Gasteiger partial charge in [0, 0.05) is 40.6 Å². The fourth-order valence-corrected chi connectivity index (χ4v) is 2.95. The third kappa shape index (κ3) is 4.80. The third-order valence-corrected chi connectivity index (χ3v) is 3.88. The number of nitrogens with one attached hydrogen (secondary N) is 1. The molecule has 0 radical (unpaired) electrons. The SMILES string of the molecule is Brc1cccc(SCCNCc2cccnc2)c1. The number of hydrogen-bond acceptors (Lipinski definition) is 3. The Bertz CT molecular complexity index is 476. The van der Waals surface area contributed by atoms with Gasteiger partial charge in [-0.05, 0) is 29.8 Å². The topological polar surface area (TPSA) is 24.9 Å². The van der Waals surface area contributed by atoms with Crippen LogP contribution < -0.4 is 5.32 Å². The molecule has 2 nitrogen and oxygen atoms in total. The molecule has 0 bridgehead atoms. The average Bonchev–Trinajstić information content (AvgIpc) is 2.40. The first-order valence-electron chi connectivity index (χ1n) is 5.82. The van der Waals surface area contributed by atoms with Gasteiger partial charge in [-0.1, -0.05) is 28.1 Å². The molecule has 0 aliphatic heterocycles. The minimum Gasteiger partial charge on any atom is -0.312 e. The molecule has 1 aromatic carbocycles. The van der Waals surface area contributed by atoms with Crippen LogP contribution in [0.15, 0.2) is 58.2 Å². The van der Waals surface area contributed by atoms with Crippen molar-refractivity contribution in [2.24, 2.45) is 0 Å². The predicted molar refractivity (Wildman–Crippen MR) is 80.8 cm³/mol. The molecule has 18 heavy (non-hydrogen) atoms. The van der Waals surface area contributed by atoms with Gasteiger partial charge in [0.2, 0.25) is 0 Å². The van der Waals surface area contributed by atoms with Crippen molar-refractivity contribution in [3.8, 4) is 0 Å². The average molecular weight is 323 g/mol. The first-order valence-corrected chi connectivity index (χ1v) is 7.60. The number of aromatic nitrogens is 1. The summed E-state index contributed by atoms with van der Waals surface area (Å²) in [6.07, 6.45) is 3.70. The van der Waals surface area contributed by atoms with Gasteiger partial charge in [-0.25, -0.2) is 0 Å².